The van der Waals surface area contributed by atoms with E-state index in [-0.39, 0.29) is 5.56 Å². The molecule has 4 heteroatoms. The van der Waals surface area contributed by atoms with Gasteiger partial charge in [0, 0.05) is 38.0 Å². The van der Waals surface area contributed by atoms with Gasteiger partial charge in [-0.05, 0) is 37.2 Å². The standard InChI is InChI=1S/C15H22N2O2/c18-15-5-4-13-2-1-3-14(13)17(15)8-7-16-10-12-6-9-19-11-12/h4-5,12,16H,1-3,6-11H2. The van der Waals surface area contributed by atoms with Gasteiger partial charge in [0.25, 0.3) is 5.56 Å². The zero-order valence-electron chi connectivity index (χ0n) is 11.4. The summed E-state index contributed by atoms with van der Waals surface area (Å²) in [5, 5.41) is 3.45. The molecule has 0 amide bonds. The third-order valence-corrected chi connectivity index (χ3v) is 4.22. The second-order valence-electron chi connectivity index (χ2n) is 5.58. The molecule has 1 atom stereocenters. The van der Waals surface area contributed by atoms with Gasteiger partial charge in [-0.3, -0.25) is 4.79 Å². The highest BCUT2D eigenvalue weighted by Crippen LogP contribution is 2.19. The maximum Gasteiger partial charge on any atom is 0.250 e. The Morgan fingerprint density at radius 3 is 3.16 bits per heavy atom. The molecule has 1 saturated heterocycles. The lowest BCUT2D eigenvalue weighted by atomic mass is 10.1. The van der Waals surface area contributed by atoms with Crippen LogP contribution in [0.5, 0.6) is 0 Å². The number of ether oxygens (including phenoxy) is 1. The molecule has 1 aromatic rings. The molecule has 0 saturated carbocycles. The first-order valence-electron chi connectivity index (χ1n) is 7.34. The van der Waals surface area contributed by atoms with Gasteiger partial charge in [-0.25, -0.2) is 0 Å². The molecule has 0 spiro atoms. The maximum absolute atomic E-state index is 11.9. The second-order valence-corrected chi connectivity index (χ2v) is 5.58. The molecule has 4 nitrogen and oxygen atoms in total. The maximum atomic E-state index is 11.9. The zero-order chi connectivity index (χ0) is 13.1. The molecule has 2 aliphatic rings. The summed E-state index contributed by atoms with van der Waals surface area (Å²) in [5.74, 6) is 0.651. The minimum absolute atomic E-state index is 0.145. The van der Waals surface area contributed by atoms with Crippen LogP contribution in [0.3, 0.4) is 0 Å². The first-order chi connectivity index (χ1) is 9.34. The normalized spacial score (nSPS) is 21.8. The molecular weight excluding hydrogens is 240 g/mol. The van der Waals surface area contributed by atoms with Gasteiger partial charge in [0.15, 0.2) is 0 Å². The van der Waals surface area contributed by atoms with Gasteiger partial charge in [0.05, 0.1) is 6.61 Å². The van der Waals surface area contributed by atoms with E-state index in [0.717, 1.165) is 52.1 Å². The van der Waals surface area contributed by atoms with E-state index in [1.54, 1.807) is 6.07 Å². The van der Waals surface area contributed by atoms with Crippen molar-refractivity contribution in [3.8, 4) is 0 Å². The molecule has 1 aliphatic heterocycles. The summed E-state index contributed by atoms with van der Waals surface area (Å²) in [6, 6.07) is 3.72. The van der Waals surface area contributed by atoms with Crippen LogP contribution in [0.25, 0.3) is 0 Å². The molecule has 19 heavy (non-hydrogen) atoms. The third-order valence-electron chi connectivity index (χ3n) is 4.22. The van der Waals surface area contributed by atoms with Gasteiger partial charge in [0.1, 0.15) is 0 Å². The number of hydrogen-bond donors (Lipinski definition) is 1. The van der Waals surface area contributed by atoms with E-state index in [9.17, 15) is 4.79 Å². The number of aryl methyl sites for hydroxylation is 1. The highest BCUT2D eigenvalue weighted by molar-refractivity contribution is 5.25. The Balaban J connectivity index is 1.55. The fourth-order valence-electron chi connectivity index (χ4n) is 3.12. The first-order valence-corrected chi connectivity index (χ1v) is 7.34. The summed E-state index contributed by atoms with van der Waals surface area (Å²) in [6.45, 7) is 4.44. The van der Waals surface area contributed by atoms with Gasteiger partial charge in [0.2, 0.25) is 0 Å². The summed E-state index contributed by atoms with van der Waals surface area (Å²) in [4.78, 5) is 11.9. The minimum atomic E-state index is 0.145. The molecule has 1 unspecified atom stereocenters. The zero-order valence-corrected chi connectivity index (χ0v) is 11.4. The number of pyridine rings is 1. The lowest BCUT2D eigenvalue weighted by Gasteiger charge is -2.13. The number of fused-ring (bicyclic) bond motifs is 1. The van der Waals surface area contributed by atoms with E-state index in [0.29, 0.717) is 5.92 Å². The molecule has 0 bridgehead atoms. The summed E-state index contributed by atoms with van der Waals surface area (Å²) >= 11 is 0. The van der Waals surface area contributed by atoms with Crippen LogP contribution >= 0.6 is 0 Å². The van der Waals surface area contributed by atoms with Gasteiger partial charge < -0.3 is 14.6 Å². The minimum Gasteiger partial charge on any atom is -0.381 e. The number of aromatic nitrogens is 1. The average molecular weight is 262 g/mol. The van der Waals surface area contributed by atoms with Crippen LogP contribution in [0.4, 0.5) is 0 Å². The van der Waals surface area contributed by atoms with E-state index in [2.05, 4.69) is 5.32 Å². The Morgan fingerprint density at radius 1 is 1.37 bits per heavy atom. The van der Waals surface area contributed by atoms with Crippen LogP contribution in [0.2, 0.25) is 0 Å². The van der Waals surface area contributed by atoms with Gasteiger partial charge in [-0.15, -0.1) is 0 Å². The molecule has 1 aromatic heterocycles. The molecule has 0 radical (unpaired) electrons. The van der Waals surface area contributed by atoms with Crippen molar-refractivity contribution in [1.82, 2.24) is 9.88 Å². The van der Waals surface area contributed by atoms with E-state index < -0.39 is 0 Å². The van der Waals surface area contributed by atoms with Crippen LogP contribution < -0.4 is 10.9 Å². The number of nitrogens with zero attached hydrogens (tertiary/aromatic N) is 1. The summed E-state index contributed by atoms with van der Waals surface area (Å²) < 4.78 is 7.32. The number of nitrogens with one attached hydrogen (secondary N) is 1. The Bertz CT molecular complexity index is 489. The van der Waals surface area contributed by atoms with E-state index in [1.165, 1.54) is 17.7 Å². The first kappa shape index (κ1) is 12.9. The van der Waals surface area contributed by atoms with Gasteiger partial charge in [-0.2, -0.15) is 0 Å². The van der Waals surface area contributed by atoms with Crippen molar-refractivity contribution in [2.75, 3.05) is 26.3 Å². The van der Waals surface area contributed by atoms with Gasteiger partial charge in [-0.1, -0.05) is 6.07 Å². The largest absolute Gasteiger partial charge is 0.381 e. The summed E-state index contributed by atoms with van der Waals surface area (Å²) in [7, 11) is 0. The predicted molar refractivity (Wildman–Crippen MR) is 74.5 cm³/mol. The topological polar surface area (TPSA) is 43.3 Å². The van der Waals surface area contributed by atoms with Crippen molar-refractivity contribution in [3.63, 3.8) is 0 Å². The van der Waals surface area contributed by atoms with Gasteiger partial charge >= 0.3 is 0 Å². The molecule has 0 aromatic carbocycles. The van der Waals surface area contributed by atoms with Crippen LogP contribution in [0.15, 0.2) is 16.9 Å². The average Bonchev–Trinajstić information content (AvgIpc) is 3.07. The lowest BCUT2D eigenvalue weighted by Crippen LogP contribution is -2.31. The van der Waals surface area contributed by atoms with Crippen LogP contribution in [0.1, 0.15) is 24.1 Å². The lowest BCUT2D eigenvalue weighted by molar-refractivity contribution is 0.185. The highest BCUT2D eigenvalue weighted by Gasteiger charge is 2.16. The monoisotopic (exact) mass is 262 g/mol. The van der Waals surface area contributed by atoms with Crippen molar-refractivity contribution in [1.29, 1.82) is 0 Å². The van der Waals surface area contributed by atoms with Crippen LogP contribution in [-0.2, 0) is 24.1 Å². The van der Waals surface area contributed by atoms with E-state index in [1.807, 2.05) is 10.6 Å². The summed E-state index contributed by atoms with van der Waals surface area (Å²) in [5.41, 5.74) is 2.77. The van der Waals surface area contributed by atoms with Crippen molar-refractivity contribution in [3.05, 3.63) is 33.7 Å². The SMILES string of the molecule is O=c1ccc2c(n1CCNCC1CCOC1)CCC2. The molecule has 2 heterocycles. The molecule has 1 N–H and O–H groups in total. The van der Waals surface area contributed by atoms with Crippen molar-refractivity contribution in [2.45, 2.75) is 32.2 Å². The summed E-state index contributed by atoms with van der Waals surface area (Å²) in [6.07, 6.45) is 4.53. The van der Waals surface area contributed by atoms with Crippen molar-refractivity contribution < 1.29 is 4.74 Å². The van der Waals surface area contributed by atoms with Crippen LogP contribution in [-0.4, -0.2) is 30.9 Å². The molecule has 1 aliphatic carbocycles. The fourth-order valence-corrected chi connectivity index (χ4v) is 3.12. The van der Waals surface area contributed by atoms with Crippen LogP contribution in [0, 0.1) is 5.92 Å². The second kappa shape index (κ2) is 5.88. The quantitative estimate of drug-likeness (QED) is 0.804. The van der Waals surface area contributed by atoms with Crippen molar-refractivity contribution in [2.24, 2.45) is 5.92 Å². The molecule has 3 rings (SSSR count). The smallest absolute Gasteiger partial charge is 0.250 e. The Hall–Kier alpha value is -1.13. The Kier molecular flexibility index (Phi) is 3.99. The van der Waals surface area contributed by atoms with Crippen molar-refractivity contribution >= 4 is 0 Å². The highest BCUT2D eigenvalue weighted by atomic mass is 16.5. The fraction of sp³-hybridized carbons (Fsp3) is 0.667. The predicted octanol–water partition coefficient (Wildman–Crippen LogP) is 0.963. The van der Waals surface area contributed by atoms with E-state index >= 15 is 0 Å². The number of hydrogen-bond acceptors (Lipinski definition) is 3. The Morgan fingerprint density at radius 2 is 2.32 bits per heavy atom. The Labute approximate surface area is 113 Å². The molecule has 1 fully saturated rings. The van der Waals surface area contributed by atoms with E-state index in [4.69, 9.17) is 4.74 Å². The third kappa shape index (κ3) is 2.90. The molecular formula is C15H22N2O2. The molecule has 104 valence electrons. The number of rotatable bonds is 5.